The maximum Gasteiger partial charge on any atom is 0.271 e. The summed E-state index contributed by atoms with van der Waals surface area (Å²) in [5.74, 6) is 0.167. The van der Waals surface area contributed by atoms with Gasteiger partial charge in [-0.25, -0.2) is 0 Å². The molecule has 1 N–H and O–H groups in total. The number of nitrogens with zero attached hydrogens (tertiary/aromatic N) is 2. The van der Waals surface area contributed by atoms with Gasteiger partial charge >= 0.3 is 0 Å². The molecule has 0 atom stereocenters. The first kappa shape index (κ1) is 21.7. The second-order valence-corrected chi connectivity index (χ2v) is 7.03. The zero-order valence-electron chi connectivity index (χ0n) is 17.5. The molecule has 3 aromatic rings. The molecule has 0 saturated heterocycles. The molecule has 0 saturated carbocycles. The highest BCUT2D eigenvalue weighted by Crippen LogP contribution is 2.24. The molecule has 2 aromatic carbocycles. The number of Topliss-reactive ketones (excluding diaryl/α,β-unsaturated/α-hetero) is 1. The third-order valence-corrected chi connectivity index (χ3v) is 5.03. The molecule has 0 unspecified atom stereocenters. The number of carbonyl (C=O) groups excluding carboxylic acids is 1. The number of hydrogen-bond acceptors (Lipinski definition) is 6. The Kier molecular flexibility index (Phi) is 6.41. The number of rotatable bonds is 7. The van der Waals surface area contributed by atoms with Gasteiger partial charge in [0.2, 0.25) is 11.7 Å². The summed E-state index contributed by atoms with van der Waals surface area (Å²) in [6.45, 7) is 2.97. The summed E-state index contributed by atoms with van der Waals surface area (Å²) in [5.41, 5.74) is 0.738. The van der Waals surface area contributed by atoms with Gasteiger partial charge in [-0.15, -0.1) is 0 Å². The standard InChI is InChI=1S/C24H22N2O5/c1-15-6-4-5-7-21(15)31-14-20(27)22-16(2)19(12-25)23(28)26(24(22)29)13-17-8-10-18(30-3)11-9-17/h4-11,29H,13-14H2,1-3H3. The Labute approximate surface area is 179 Å². The number of methoxy groups -OCH3 is 1. The molecule has 7 nitrogen and oxygen atoms in total. The average Bonchev–Trinajstić information content (AvgIpc) is 2.77. The number of aromatic hydroxyl groups is 1. The van der Waals surface area contributed by atoms with Gasteiger partial charge in [0.25, 0.3) is 5.56 Å². The molecule has 1 aromatic heterocycles. The van der Waals surface area contributed by atoms with Crippen molar-refractivity contribution in [1.29, 1.82) is 5.26 Å². The normalized spacial score (nSPS) is 10.4. The molecular weight excluding hydrogens is 396 g/mol. The second-order valence-electron chi connectivity index (χ2n) is 7.03. The van der Waals surface area contributed by atoms with Gasteiger partial charge in [-0.1, -0.05) is 30.3 Å². The van der Waals surface area contributed by atoms with E-state index >= 15 is 0 Å². The van der Waals surface area contributed by atoms with Crippen molar-refractivity contribution in [1.82, 2.24) is 4.57 Å². The van der Waals surface area contributed by atoms with Crippen LogP contribution < -0.4 is 15.0 Å². The maximum absolute atomic E-state index is 12.9. The van der Waals surface area contributed by atoms with Crippen molar-refractivity contribution in [2.45, 2.75) is 20.4 Å². The van der Waals surface area contributed by atoms with Gasteiger partial charge < -0.3 is 14.6 Å². The largest absolute Gasteiger partial charge is 0.497 e. The van der Waals surface area contributed by atoms with E-state index in [1.807, 2.05) is 25.1 Å². The third-order valence-electron chi connectivity index (χ3n) is 5.03. The van der Waals surface area contributed by atoms with Gasteiger partial charge in [0.1, 0.15) is 23.1 Å². The van der Waals surface area contributed by atoms with Gasteiger partial charge in [-0.3, -0.25) is 14.2 Å². The number of pyridine rings is 1. The molecule has 0 bridgehead atoms. The average molecular weight is 418 g/mol. The molecule has 0 amide bonds. The van der Waals surface area contributed by atoms with Crippen LogP contribution in [0.15, 0.2) is 53.3 Å². The molecule has 3 rings (SSSR count). The lowest BCUT2D eigenvalue weighted by Gasteiger charge is -2.16. The van der Waals surface area contributed by atoms with Gasteiger partial charge in [0.05, 0.1) is 19.2 Å². The minimum Gasteiger partial charge on any atom is -0.497 e. The van der Waals surface area contributed by atoms with E-state index in [4.69, 9.17) is 9.47 Å². The SMILES string of the molecule is COc1ccc(Cn2c(O)c(C(=O)COc3ccccc3C)c(C)c(C#N)c2=O)cc1. The Morgan fingerprint density at radius 1 is 1.13 bits per heavy atom. The minimum atomic E-state index is -0.662. The number of aryl methyl sites for hydroxylation is 1. The number of benzene rings is 2. The van der Waals surface area contributed by atoms with Crippen LogP contribution in [0.1, 0.15) is 32.6 Å². The lowest BCUT2D eigenvalue weighted by molar-refractivity contribution is 0.0916. The van der Waals surface area contributed by atoms with E-state index in [9.17, 15) is 20.0 Å². The molecule has 1 heterocycles. The van der Waals surface area contributed by atoms with E-state index in [2.05, 4.69) is 0 Å². The van der Waals surface area contributed by atoms with Crippen LogP contribution in [-0.4, -0.2) is 29.2 Å². The fraction of sp³-hybridized carbons (Fsp3) is 0.208. The number of ketones is 1. The number of para-hydroxylation sites is 1. The fourth-order valence-electron chi connectivity index (χ4n) is 3.28. The van der Waals surface area contributed by atoms with Gasteiger partial charge in [0, 0.05) is 0 Å². The summed E-state index contributed by atoms with van der Waals surface area (Å²) in [4.78, 5) is 25.7. The highest BCUT2D eigenvalue weighted by atomic mass is 16.5. The van der Waals surface area contributed by atoms with Crippen LogP contribution in [0.4, 0.5) is 0 Å². The second kappa shape index (κ2) is 9.18. The molecule has 0 radical (unpaired) electrons. The van der Waals surface area contributed by atoms with Crippen LogP contribution in [-0.2, 0) is 6.54 Å². The smallest absolute Gasteiger partial charge is 0.271 e. The number of hydrogen-bond donors (Lipinski definition) is 1. The van der Waals surface area contributed by atoms with Gasteiger partial charge in [-0.2, -0.15) is 5.26 Å². The quantitative estimate of drug-likeness (QED) is 0.591. The van der Waals surface area contributed by atoms with Crippen molar-refractivity contribution in [3.05, 3.63) is 86.7 Å². The molecule has 0 spiro atoms. The van der Waals surface area contributed by atoms with Crippen molar-refractivity contribution in [2.24, 2.45) is 0 Å². The topological polar surface area (TPSA) is 102 Å². The lowest BCUT2D eigenvalue weighted by atomic mass is 10.0. The number of aromatic nitrogens is 1. The van der Waals surface area contributed by atoms with Crippen LogP contribution in [0.5, 0.6) is 17.4 Å². The zero-order valence-corrected chi connectivity index (χ0v) is 17.5. The highest BCUT2D eigenvalue weighted by molar-refractivity contribution is 6.01. The first-order chi connectivity index (χ1) is 14.9. The molecule has 0 aliphatic rings. The van der Waals surface area contributed by atoms with E-state index in [-0.39, 0.29) is 29.8 Å². The first-order valence-electron chi connectivity index (χ1n) is 9.58. The maximum atomic E-state index is 12.9. The van der Waals surface area contributed by atoms with Crippen LogP contribution in [0.2, 0.25) is 0 Å². The summed E-state index contributed by atoms with van der Waals surface area (Å²) in [5, 5.41) is 20.3. The summed E-state index contributed by atoms with van der Waals surface area (Å²) in [7, 11) is 1.54. The predicted molar refractivity (Wildman–Crippen MR) is 115 cm³/mol. The summed E-state index contributed by atoms with van der Waals surface area (Å²) >= 11 is 0. The Morgan fingerprint density at radius 3 is 2.42 bits per heavy atom. The van der Waals surface area contributed by atoms with E-state index in [0.29, 0.717) is 17.1 Å². The first-order valence-corrected chi connectivity index (χ1v) is 9.58. The van der Waals surface area contributed by atoms with Gasteiger partial charge in [0.15, 0.2) is 6.61 Å². The Bertz CT molecular complexity index is 1220. The highest BCUT2D eigenvalue weighted by Gasteiger charge is 2.24. The summed E-state index contributed by atoms with van der Waals surface area (Å²) in [6, 6.07) is 16.0. The monoisotopic (exact) mass is 418 g/mol. The zero-order chi connectivity index (χ0) is 22.5. The van der Waals surface area contributed by atoms with Crippen molar-refractivity contribution in [2.75, 3.05) is 13.7 Å². The van der Waals surface area contributed by atoms with Crippen molar-refractivity contribution in [3.8, 4) is 23.4 Å². The van der Waals surface area contributed by atoms with E-state index in [1.54, 1.807) is 43.5 Å². The van der Waals surface area contributed by atoms with Crippen molar-refractivity contribution < 1.29 is 19.4 Å². The molecule has 0 aliphatic heterocycles. The Morgan fingerprint density at radius 2 is 1.81 bits per heavy atom. The number of ether oxygens (including phenoxy) is 2. The molecule has 158 valence electrons. The molecule has 0 aliphatic carbocycles. The van der Waals surface area contributed by atoms with Crippen LogP contribution in [0.25, 0.3) is 0 Å². The Hall–Kier alpha value is -4.05. The van der Waals surface area contributed by atoms with Gasteiger partial charge in [-0.05, 0) is 48.7 Å². The molecule has 7 heteroatoms. The predicted octanol–water partition coefficient (Wildman–Crippen LogP) is 3.36. The van der Waals surface area contributed by atoms with E-state index in [1.165, 1.54) is 6.92 Å². The molecular formula is C24H22N2O5. The lowest BCUT2D eigenvalue weighted by Crippen LogP contribution is -2.28. The summed E-state index contributed by atoms with van der Waals surface area (Å²) < 4.78 is 11.7. The fourth-order valence-corrected chi connectivity index (χ4v) is 3.28. The molecule has 0 fully saturated rings. The van der Waals surface area contributed by atoms with Crippen LogP contribution in [0.3, 0.4) is 0 Å². The van der Waals surface area contributed by atoms with Crippen LogP contribution >= 0.6 is 0 Å². The van der Waals surface area contributed by atoms with Crippen LogP contribution in [0, 0.1) is 25.2 Å². The number of nitriles is 1. The molecule has 31 heavy (non-hydrogen) atoms. The minimum absolute atomic E-state index is 0.0114. The van der Waals surface area contributed by atoms with E-state index < -0.39 is 17.2 Å². The van der Waals surface area contributed by atoms with Crippen molar-refractivity contribution in [3.63, 3.8) is 0 Å². The van der Waals surface area contributed by atoms with E-state index in [0.717, 1.165) is 10.1 Å². The summed E-state index contributed by atoms with van der Waals surface area (Å²) in [6.07, 6.45) is 0. The van der Waals surface area contributed by atoms with Crippen molar-refractivity contribution >= 4 is 5.78 Å². The number of carbonyl (C=O) groups is 1. The Balaban J connectivity index is 1.98. The third kappa shape index (κ3) is 4.43.